The summed E-state index contributed by atoms with van der Waals surface area (Å²) in [7, 11) is 1.47. The second-order valence-electron chi connectivity index (χ2n) is 7.51. The molecule has 1 unspecified atom stereocenters. The highest BCUT2D eigenvalue weighted by molar-refractivity contribution is 7.77. The number of aromatic nitrogens is 3. The molecule has 34 heavy (non-hydrogen) atoms. The number of ether oxygens (including phenoxy) is 1. The fourth-order valence-electron chi connectivity index (χ4n) is 3.90. The van der Waals surface area contributed by atoms with E-state index in [0.29, 0.717) is 59.3 Å². The van der Waals surface area contributed by atoms with Crippen molar-refractivity contribution in [3.05, 3.63) is 54.0 Å². The smallest absolute Gasteiger partial charge is 0.246 e. The summed E-state index contributed by atoms with van der Waals surface area (Å²) in [6, 6.07) is 5.45. The first kappa shape index (κ1) is 24.0. The number of nitrogens with one attached hydrogen (secondary N) is 1. The quantitative estimate of drug-likeness (QED) is 0.385. The number of rotatable bonds is 7. The topological polar surface area (TPSA) is 124 Å². The minimum absolute atomic E-state index is 0.0212. The second kappa shape index (κ2) is 10.4. The van der Waals surface area contributed by atoms with Gasteiger partial charge in [-0.2, -0.15) is 0 Å². The maximum absolute atomic E-state index is 11.9. The molecule has 1 amide bonds. The van der Waals surface area contributed by atoms with E-state index in [9.17, 15) is 13.6 Å². The van der Waals surface area contributed by atoms with Gasteiger partial charge in [0.15, 0.2) is 0 Å². The van der Waals surface area contributed by atoms with E-state index < -0.39 is 11.3 Å². The summed E-state index contributed by atoms with van der Waals surface area (Å²) in [6.07, 6.45) is 4.44. The summed E-state index contributed by atoms with van der Waals surface area (Å²) in [6.45, 7) is 5.95. The molecule has 12 heteroatoms. The van der Waals surface area contributed by atoms with Crippen molar-refractivity contribution in [2.24, 2.45) is 0 Å². The summed E-state index contributed by atoms with van der Waals surface area (Å²) in [4.78, 5) is 29.0. The molecular weight excluding hydrogens is 480 g/mol. The number of pyridine rings is 1. The highest BCUT2D eigenvalue weighted by Gasteiger charge is 2.22. The fourth-order valence-corrected chi connectivity index (χ4v) is 4.44. The molecule has 3 heterocycles. The maximum atomic E-state index is 11.9. The third-order valence-corrected chi connectivity index (χ3v) is 6.27. The summed E-state index contributed by atoms with van der Waals surface area (Å²) in [5.74, 6) is 0.979. The van der Waals surface area contributed by atoms with Crippen LogP contribution >= 0.6 is 11.6 Å². The number of amides is 1. The lowest BCUT2D eigenvalue weighted by molar-refractivity contribution is -0.126. The van der Waals surface area contributed by atoms with Crippen LogP contribution in [-0.4, -0.2) is 67.8 Å². The molecule has 10 nitrogen and oxygen atoms in total. The van der Waals surface area contributed by atoms with Crippen molar-refractivity contribution in [2.75, 3.05) is 38.2 Å². The summed E-state index contributed by atoms with van der Waals surface area (Å²) >= 11 is 4.17. The third-order valence-electron chi connectivity index (χ3n) is 5.58. The highest BCUT2D eigenvalue weighted by Crippen LogP contribution is 2.36. The normalized spacial score (nSPS) is 14.8. The van der Waals surface area contributed by atoms with Crippen molar-refractivity contribution >= 4 is 45.5 Å². The molecule has 1 aliphatic heterocycles. The molecule has 0 bridgehead atoms. The van der Waals surface area contributed by atoms with E-state index in [0.717, 1.165) is 11.2 Å². The number of benzene rings is 1. The Kier molecular flexibility index (Phi) is 7.37. The second-order valence-corrected chi connectivity index (χ2v) is 8.68. The lowest BCUT2D eigenvalue weighted by Gasteiger charge is -2.35. The summed E-state index contributed by atoms with van der Waals surface area (Å²) < 4.78 is 29.5. The van der Waals surface area contributed by atoms with E-state index >= 15 is 0 Å². The van der Waals surface area contributed by atoms with Crippen LogP contribution in [0.2, 0.25) is 5.02 Å². The van der Waals surface area contributed by atoms with E-state index in [-0.39, 0.29) is 12.5 Å². The van der Waals surface area contributed by atoms with Crippen molar-refractivity contribution in [3.63, 3.8) is 0 Å². The first-order valence-corrected chi connectivity index (χ1v) is 11.8. The molecular formula is C22H22ClN6O4S-. The molecule has 1 aliphatic rings. The lowest BCUT2D eigenvalue weighted by atomic mass is 10.0. The van der Waals surface area contributed by atoms with Crippen molar-refractivity contribution in [3.8, 4) is 17.0 Å². The van der Waals surface area contributed by atoms with E-state index in [1.54, 1.807) is 23.2 Å². The van der Waals surface area contributed by atoms with Gasteiger partial charge in [-0.3, -0.25) is 9.00 Å². The van der Waals surface area contributed by atoms with Gasteiger partial charge in [0.25, 0.3) is 0 Å². The molecule has 0 radical (unpaired) electrons. The van der Waals surface area contributed by atoms with Crippen LogP contribution in [0.1, 0.15) is 5.56 Å². The van der Waals surface area contributed by atoms with Crippen LogP contribution in [0.4, 0.5) is 5.82 Å². The molecule has 4 rings (SSSR count). The van der Waals surface area contributed by atoms with Gasteiger partial charge in [0.1, 0.15) is 12.1 Å². The molecule has 1 saturated heterocycles. The Hall–Kier alpha value is -3.12. The van der Waals surface area contributed by atoms with Gasteiger partial charge in [0.2, 0.25) is 11.8 Å². The molecule has 0 aliphatic carbocycles. The number of carbonyl (C=O) groups excluding carboxylic acids is 1. The molecule has 1 fully saturated rings. The zero-order chi connectivity index (χ0) is 24.2. The SMILES string of the molecule is C=CC(=O)N1CCN(c2ncnc3cc(Cl)c(-c4cnc(OC)c(CNS(=O)[O-])c4)cc23)CC1. The van der Waals surface area contributed by atoms with Gasteiger partial charge in [0, 0.05) is 72.3 Å². The number of anilines is 1. The van der Waals surface area contributed by atoms with Crippen LogP contribution in [0.3, 0.4) is 0 Å². The predicted octanol–water partition coefficient (Wildman–Crippen LogP) is 2.07. The Morgan fingerprint density at radius 2 is 2.03 bits per heavy atom. The monoisotopic (exact) mass is 501 g/mol. The van der Waals surface area contributed by atoms with Crippen LogP contribution in [0.15, 0.2) is 43.4 Å². The highest BCUT2D eigenvalue weighted by atomic mass is 35.5. The van der Waals surface area contributed by atoms with Gasteiger partial charge in [-0.25, -0.2) is 19.7 Å². The van der Waals surface area contributed by atoms with Gasteiger partial charge in [-0.1, -0.05) is 18.2 Å². The Labute approximate surface area is 204 Å². The predicted molar refractivity (Wildman–Crippen MR) is 129 cm³/mol. The molecule has 1 aromatic carbocycles. The van der Waals surface area contributed by atoms with E-state index in [1.165, 1.54) is 19.5 Å². The van der Waals surface area contributed by atoms with Crippen molar-refractivity contribution in [1.29, 1.82) is 0 Å². The van der Waals surface area contributed by atoms with Crippen LogP contribution in [0.25, 0.3) is 22.0 Å². The standard InChI is InChI=1S/C22H23ClN6O4S/c1-3-20(30)28-4-6-29(7-5-28)21-17-9-16(18(23)10-19(17)25-13-26-21)14-8-15(12-27-34(31)32)22(33-2)24-11-14/h3,8-11,13,27H,1,4-7,12H2,2H3,(H,31,32)/p-1. The Balaban J connectivity index is 1.71. The van der Waals surface area contributed by atoms with Gasteiger partial charge in [-0.15, -0.1) is 0 Å². The fraction of sp³-hybridized carbons (Fsp3) is 0.273. The Morgan fingerprint density at radius 3 is 2.71 bits per heavy atom. The zero-order valence-corrected chi connectivity index (χ0v) is 19.9. The number of hydrogen-bond donors (Lipinski definition) is 1. The number of methoxy groups -OCH3 is 1. The van der Waals surface area contributed by atoms with Crippen molar-refractivity contribution in [2.45, 2.75) is 6.54 Å². The minimum Gasteiger partial charge on any atom is -0.760 e. The molecule has 1 N–H and O–H groups in total. The minimum atomic E-state index is -2.42. The number of piperazine rings is 1. The Bertz CT molecular complexity index is 1270. The van der Waals surface area contributed by atoms with E-state index in [4.69, 9.17) is 16.3 Å². The maximum Gasteiger partial charge on any atom is 0.246 e. The first-order valence-electron chi connectivity index (χ1n) is 10.4. The van der Waals surface area contributed by atoms with Crippen LogP contribution in [0, 0.1) is 0 Å². The van der Waals surface area contributed by atoms with Crippen molar-refractivity contribution in [1.82, 2.24) is 24.6 Å². The average molecular weight is 502 g/mol. The number of hydrogen-bond acceptors (Lipinski definition) is 8. The molecule has 0 spiro atoms. The largest absolute Gasteiger partial charge is 0.760 e. The average Bonchev–Trinajstić information content (AvgIpc) is 2.86. The van der Waals surface area contributed by atoms with Gasteiger partial charge >= 0.3 is 0 Å². The zero-order valence-electron chi connectivity index (χ0n) is 18.4. The van der Waals surface area contributed by atoms with E-state index in [1.807, 2.05) is 6.07 Å². The van der Waals surface area contributed by atoms with Gasteiger partial charge in [0.05, 0.1) is 17.6 Å². The number of nitrogens with zero attached hydrogens (tertiary/aromatic N) is 5. The lowest BCUT2D eigenvalue weighted by Crippen LogP contribution is -2.48. The molecule has 178 valence electrons. The van der Waals surface area contributed by atoms with Crippen LogP contribution in [-0.2, 0) is 22.6 Å². The molecule has 1 atom stereocenters. The Morgan fingerprint density at radius 1 is 1.26 bits per heavy atom. The molecule has 2 aromatic heterocycles. The third kappa shape index (κ3) is 5.02. The number of carbonyl (C=O) groups is 1. The van der Waals surface area contributed by atoms with Gasteiger partial charge in [-0.05, 0) is 24.3 Å². The van der Waals surface area contributed by atoms with Gasteiger partial charge < -0.3 is 19.1 Å². The summed E-state index contributed by atoms with van der Waals surface area (Å²) in [5, 5.41) is 1.28. The molecule has 0 saturated carbocycles. The van der Waals surface area contributed by atoms with Crippen molar-refractivity contribution < 1.29 is 18.3 Å². The van der Waals surface area contributed by atoms with Crippen LogP contribution < -0.4 is 14.4 Å². The first-order chi connectivity index (χ1) is 16.4. The number of halogens is 1. The van der Waals surface area contributed by atoms with E-state index in [2.05, 4.69) is 31.2 Å². The van der Waals surface area contributed by atoms with Crippen LogP contribution in [0.5, 0.6) is 5.88 Å². The summed E-state index contributed by atoms with van der Waals surface area (Å²) in [5.41, 5.74) is 2.64. The number of fused-ring (bicyclic) bond motifs is 1. The molecule has 3 aromatic rings.